The van der Waals surface area contributed by atoms with Gasteiger partial charge in [-0.3, -0.25) is 9.59 Å². The Bertz CT molecular complexity index is 285. The van der Waals surface area contributed by atoms with E-state index >= 15 is 0 Å². The highest BCUT2D eigenvalue weighted by Crippen LogP contribution is 2.14. The van der Waals surface area contributed by atoms with Crippen molar-refractivity contribution in [2.75, 3.05) is 39.3 Å². The van der Waals surface area contributed by atoms with Gasteiger partial charge in [-0.2, -0.15) is 0 Å². The third kappa shape index (κ3) is 2.35. The van der Waals surface area contributed by atoms with Crippen molar-refractivity contribution in [3.63, 3.8) is 0 Å². The highest BCUT2D eigenvalue weighted by Gasteiger charge is 2.32. The molecule has 0 aliphatic carbocycles. The first-order valence-electron chi connectivity index (χ1n) is 5.98. The van der Waals surface area contributed by atoms with E-state index in [-0.39, 0.29) is 17.7 Å². The summed E-state index contributed by atoms with van der Waals surface area (Å²) in [5.41, 5.74) is 0. The molecule has 1 atom stereocenters. The van der Waals surface area contributed by atoms with Crippen LogP contribution in [0.1, 0.15) is 13.3 Å². The van der Waals surface area contributed by atoms with Gasteiger partial charge in [-0.1, -0.05) is 6.92 Å². The van der Waals surface area contributed by atoms with Gasteiger partial charge in [-0.05, 0) is 6.54 Å². The van der Waals surface area contributed by atoms with Gasteiger partial charge in [0.05, 0.1) is 5.92 Å². The average Bonchev–Trinajstić information content (AvgIpc) is 2.75. The zero-order valence-corrected chi connectivity index (χ0v) is 9.74. The number of nitrogens with zero attached hydrogens (tertiary/aromatic N) is 2. The Balaban J connectivity index is 1.84. The molecule has 90 valence electrons. The van der Waals surface area contributed by atoms with Crippen molar-refractivity contribution >= 4 is 11.8 Å². The molecular weight excluding hydrogens is 206 g/mol. The van der Waals surface area contributed by atoms with Gasteiger partial charge in [0.2, 0.25) is 11.8 Å². The SMILES string of the molecule is CCN1CCN(C(=O)C2CNC(=O)C2)CC1. The fourth-order valence-corrected chi connectivity index (χ4v) is 2.32. The molecule has 0 spiro atoms. The summed E-state index contributed by atoms with van der Waals surface area (Å²) in [7, 11) is 0. The lowest BCUT2D eigenvalue weighted by molar-refractivity contribution is -0.137. The van der Waals surface area contributed by atoms with Crippen LogP contribution in [0.15, 0.2) is 0 Å². The molecule has 0 aromatic heterocycles. The van der Waals surface area contributed by atoms with Crippen LogP contribution in [0.5, 0.6) is 0 Å². The number of rotatable bonds is 2. The Morgan fingerprint density at radius 2 is 2.06 bits per heavy atom. The maximum Gasteiger partial charge on any atom is 0.228 e. The third-order valence-electron chi connectivity index (χ3n) is 3.46. The highest BCUT2D eigenvalue weighted by molar-refractivity contribution is 5.89. The zero-order chi connectivity index (χ0) is 11.5. The van der Waals surface area contributed by atoms with Gasteiger partial charge in [0.1, 0.15) is 0 Å². The van der Waals surface area contributed by atoms with E-state index in [1.807, 2.05) is 4.90 Å². The second-order valence-corrected chi connectivity index (χ2v) is 4.46. The molecule has 2 aliphatic heterocycles. The van der Waals surface area contributed by atoms with Crippen molar-refractivity contribution in [1.82, 2.24) is 15.1 Å². The second-order valence-electron chi connectivity index (χ2n) is 4.46. The molecule has 2 aliphatic rings. The van der Waals surface area contributed by atoms with E-state index in [2.05, 4.69) is 17.1 Å². The van der Waals surface area contributed by atoms with E-state index < -0.39 is 0 Å². The van der Waals surface area contributed by atoms with E-state index in [0.717, 1.165) is 32.7 Å². The average molecular weight is 225 g/mol. The molecule has 16 heavy (non-hydrogen) atoms. The standard InChI is InChI=1S/C11H19N3O2/c1-2-13-3-5-14(6-4-13)11(16)9-7-10(15)12-8-9/h9H,2-8H2,1H3,(H,12,15). The Hall–Kier alpha value is -1.10. The minimum atomic E-state index is -0.124. The van der Waals surface area contributed by atoms with Crippen molar-refractivity contribution < 1.29 is 9.59 Å². The molecule has 2 amide bonds. The number of hydrogen-bond donors (Lipinski definition) is 1. The number of hydrogen-bond acceptors (Lipinski definition) is 3. The van der Waals surface area contributed by atoms with Crippen LogP contribution in [-0.2, 0) is 9.59 Å². The molecule has 2 saturated heterocycles. The van der Waals surface area contributed by atoms with Crippen LogP contribution in [0.3, 0.4) is 0 Å². The van der Waals surface area contributed by atoms with Gasteiger partial charge in [0, 0.05) is 39.1 Å². The number of piperazine rings is 1. The van der Waals surface area contributed by atoms with E-state index in [1.54, 1.807) is 0 Å². The monoisotopic (exact) mass is 225 g/mol. The van der Waals surface area contributed by atoms with E-state index in [1.165, 1.54) is 0 Å². The summed E-state index contributed by atoms with van der Waals surface area (Å²) in [6, 6.07) is 0. The van der Waals surface area contributed by atoms with Gasteiger partial charge in [0.15, 0.2) is 0 Å². The molecule has 1 unspecified atom stereocenters. The van der Waals surface area contributed by atoms with Crippen LogP contribution in [-0.4, -0.2) is 60.9 Å². The Labute approximate surface area is 95.8 Å². The number of likely N-dealkylation sites (N-methyl/N-ethyl adjacent to an activating group) is 1. The normalized spacial score (nSPS) is 26.9. The first kappa shape index (κ1) is 11.4. The summed E-state index contributed by atoms with van der Waals surface area (Å²) in [5.74, 6) is 0.0281. The van der Waals surface area contributed by atoms with Gasteiger partial charge < -0.3 is 15.1 Å². The van der Waals surface area contributed by atoms with E-state index in [0.29, 0.717) is 13.0 Å². The van der Waals surface area contributed by atoms with Crippen LogP contribution in [0.25, 0.3) is 0 Å². The summed E-state index contributed by atoms with van der Waals surface area (Å²) in [5, 5.41) is 2.71. The summed E-state index contributed by atoms with van der Waals surface area (Å²) in [6.45, 7) is 7.22. The molecule has 0 radical (unpaired) electrons. The topological polar surface area (TPSA) is 52.6 Å². The van der Waals surface area contributed by atoms with Gasteiger partial charge in [0.25, 0.3) is 0 Å². The van der Waals surface area contributed by atoms with Gasteiger partial charge in [-0.15, -0.1) is 0 Å². The van der Waals surface area contributed by atoms with Crippen molar-refractivity contribution in [2.45, 2.75) is 13.3 Å². The number of nitrogens with one attached hydrogen (secondary N) is 1. The molecule has 0 aromatic carbocycles. The summed E-state index contributed by atoms with van der Waals surface area (Å²) in [6.07, 6.45) is 0.368. The fraction of sp³-hybridized carbons (Fsp3) is 0.818. The lowest BCUT2D eigenvalue weighted by Gasteiger charge is -2.35. The molecule has 5 heteroatoms. The van der Waals surface area contributed by atoms with Crippen molar-refractivity contribution in [3.05, 3.63) is 0 Å². The lowest BCUT2D eigenvalue weighted by atomic mass is 10.1. The fourth-order valence-electron chi connectivity index (χ4n) is 2.32. The van der Waals surface area contributed by atoms with Crippen LogP contribution >= 0.6 is 0 Å². The predicted octanol–water partition coefficient (Wildman–Crippen LogP) is -0.713. The Kier molecular flexibility index (Phi) is 3.43. The third-order valence-corrected chi connectivity index (χ3v) is 3.46. The first-order valence-corrected chi connectivity index (χ1v) is 5.98. The first-order chi connectivity index (χ1) is 7.70. The van der Waals surface area contributed by atoms with Crippen LogP contribution < -0.4 is 5.32 Å². The van der Waals surface area contributed by atoms with Crippen LogP contribution in [0.2, 0.25) is 0 Å². The van der Waals surface area contributed by atoms with Crippen LogP contribution in [0.4, 0.5) is 0 Å². The smallest absolute Gasteiger partial charge is 0.228 e. The molecule has 2 rings (SSSR count). The quantitative estimate of drug-likeness (QED) is 0.675. The zero-order valence-electron chi connectivity index (χ0n) is 9.74. The summed E-state index contributed by atoms with van der Waals surface area (Å²) < 4.78 is 0. The largest absolute Gasteiger partial charge is 0.355 e. The second kappa shape index (κ2) is 4.82. The molecule has 1 N–H and O–H groups in total. The summed E-state index contributed by atoms with van der Waals surface area (Å²) in [4.78, 5) is 27.3. The van der Waals surface area contributed by atoms with E-state index in [4.69, 9.17) is 0 Å². The van der Waals surface area contributed by atoms with Crippen molar-refractivity contribution in [3.8, 4) is 0 Å². The maximum atomic E-state index is 12.1. The molecule has 0 saturated carbocycles. The molecular formula is C11H19N3O2. The highest BCUT2D eigenvalue weighted by atomic mass is 16.2. The minimum Gasteiger partial charge on any atom is -0.355 e. The Morgan fingerprint density at radius 1 is 1.38 bits per heavy atom. The molecule has 0 bridgehead atoms. The molecule has 2 heterocycles. The lowest BCUT2D eigenvalue weighted by Crippen LogP contribution is -2.50. The predicted molar refractivity (Wildman–Crippen MR) is 59.8 cm³/mol. The van der Waals surface area contributed by atoms with E-state index in [9.17, 15) is 9.59 Å². The van der Waals surface area contributed by atoms with Crippen molar-refractivity contribution in [2.24, 2.45) is 5.92 Å². The van der Waals surface area contributed by atoms with Gasteiger partial charge in [-0.25, -0.2) is 0 Å². The number of amides is 2. The Morgan fingerprint density at radius 3 is 2.56 bits per heavy atom. The molecule has 0 aromatic rings. The maximum absolute atomic E-state index is 12.1. The number of carbonyl (C=O) groups is 2. The molecule has 2 fully saturated rings. The minimum absolute atomic E-state index is 0.00513. The summed E-state index contributed by atoms with van der Waals surface area (Å²) >= 11 is 0. The molecule has 5 nitrogen and oxygen atoms in total. The van der Waals surface area contributed by atoms with Crippen LogP contribution in [0, 0.1) is 5.92 Å². The van der Waals surface area contributed by atoms with Crippen molar-refractivity contribution in [1.29, 1.82) is 0 Å². The van der Waals surface area contributed by atoms with Gasteiger partial charge >= 0.3 is 0 Å². The number of carbonyl (C=O) groups excluding carboxylic acids is 2.